The van der Waals surface area contributed by atoms with Gasteiger partial charge in [0, 0.05) is 33.1 Å². The van der Waals surface area contributed by atoms with Crippen molar-refractivity contribution in [3.63, 3.8) is 0 Å². The molecule has 1 rings (SSSR count). The molecule has 0 aromatic rings. The quantitative estimate of drug-likeness (QED) is 0.518. The van der Waals surface area contributed by atoms with E-state index < -0.39 is 12.0 Å². The normalized spacial score (nSPS) is 22.5. The topological polar surface area (TPSA) is 76.1 Å². The van der Waals surface area contributed by atoms with Crippen LogP contribution in [0.15, 0.2) is 12.7 Å². The van der Waals surface area contributed by atoms with Gasteiger partial charge in [0.05, 0.1) is 12.7 Å². The van der Waals surface area contributed by atoms with E-state index in [4.69, 9.17) is 14.6 Å². The molecule has 0 aromatic heterocycles. The molecule has 1 aliphatic rings. The summed E-state index contributed by atoms with van der Waals surface area (Å²) in [5.41, 5.74) is 0. The minimum Gasteiger partial charge on any atom is -0.480 e. The lowest BCUT2D eigenvalue weighted by Crippen LogP contribution is -2.40. The summed E-state index contributed by atoms with van der Waals surface area (Å²) in [6.45, 7) is 4.80. The van der Waals surface area contributed by atoms with Gasteiger partial charge in [-0.1, -0.05) is 6.08 Å². The third-order valence-electron chi connectivity index (χ3n) is 3.12. The van der Waals surface area contributed by atoms with Crippen molar-refractivity contribution < 1.29 is 24.2 Å². The van der Waals surface area contributed by atoms with Gasteiger partial charge in [0.15, 0.2) is 0 Å². The Morgan fingerprint density at radius 3 is 2.84 bits per heavy atom. The maximum absolute atomic E-state index is 12.0. The van der Waals surface area contributed by atoms with Crippen LogP contribution in [0.5, 0.6) is 0 Å². The number of methoxy groups -OCH3 is 1. The van der Waals surface area contributed by atoms with Crippen molar-refractivity contribution in [1.29, 1.82) is 0 Å². The average Bonchev–Trinajstić information content (AvgIpc) is 2.82. The van der Waals surface area contributed by atoms with Crippen LogP contribution in [0.2, 0.25) is 0 Å². The molecule has 1 fully saturated rings. The van der Waals surface area contributed by atoms with Gasteiger partial charge in [-0.25, -0.2) is 4.79 Å². The van der Waals surface area contributed by atoms with Crippen molar-refractivity contribution >= 4 is 11.9 Å². The molecule has 6 heteroatoms. The molecule has 6 nitrogen and oxygen atoms in total. The van der Waals surface area contributed by atoms with Crippen LogP contribution in [0.1, 0.15) is 19.3 Å². The first-order valence-electron chi connectivity index (χ1n) is 6.33. The van der Waals surface area contributed by atoms with E-state index in [2.05, 4.69) is 6.58 Å². The fraction of sp³-hybridized carbons (Fsp3) is 0.692. The summed E-state index contributed by atoms with van der Waals surface area (Å²) >= 11 is 0. The first kappa shape index (κ1) is 15.7. The van der Waals surface area contributed by atoms with Gasteiger partial charge in [0.1, 0.15) is 6.04 Å². The summed E-state index contributed by atoms with van der Waals surface area (Å²) in [7, 11) is 1.53. The Bertz CT molecular complexity index is 331. The van der Waals surface area contributed by atoms with Crippen molar-refractivity contribution in [2.75, 3.05) is 26.9 Å². The summed E-state index contributed by atoms with van der Waals surface area (Å²) in [6.07, 6.45) is 2.67. The predicted octanol–water partition coefficient (Wildman–Crippen LogP) is 0.670. The number of carbonyl (C=O) groups excluding carboxylic acids is 1. The van der Waals surface area contributed by atoms with E-state index in [-0.39, 0.29) is 18.4 Å². The van der Waals surface area contributed by atoms with Crippen LogP contribution in [0.25, 0.3) is 0 Å². The molecule has 0 bridgehead atoms. The number of amides is 1. The summed E-state index contributed by atoms with van der Waals surface area (Å²) in [4.78, 5) is 24.5. The van der Waals surface area contributed by atoms with E-state index in [1.165, 1.54) is 12.0 Å². The average molecular weight is 271 g/mol. The van der Waals surface area contributed by atoms with Crippen LogP contribution >= 0.6 is 0 Å². The number of hydrogen-bond donors (Lipinski definition) is 1. The standard InChI is InChI=1S/C13H21NO5/c1-3-6-19-7-4-5-12(15)14-9-10(18-2)8-11(14)13(16)17/h3,10-11H,1,4-9H2,2H3,(H,16,17). The van der Waals surface area contributed by atoms with E-state index in [9.17, 15) is 9.59 Å². The molecule has 19 heavy (non-hydrogen) atoms. The molecular weight excluding hydrogens is 250 g/mol. The largest absolute Gasteiger partial charge is 0.480 e. The number of carboxylic acid groups (broad SMARTS) is 1. The summed E-state index contributed by atoms with van der Waals surface area (Å²) in [5.74, 6) is -1.13. The number of carboxylic acids is 1. The molecular formula is C13H21NO5. The molecule has 0 radical (unpaired) electrons. The van der Waals surface area contributed by atoms with Crippen molar-refractivity contribution in [2.24, 2.45) is 0 Å². The fourth-order valence-corrected chi connectivity index (χ4v) is 2.11. The number of hydrogen-bond acceptors (Lipinski definition) is 4. The minimum atomic E-state index is -0.976. The maximum Gasteiger partial charge on any atom is 0.326 e. The van der Waals surface area contributed by atoms with Crippen LogP contribution in [0, 0.1) is 0 Å². The predicted molar refractivity (Wildman–Crippen MR) is 68.8 cm³/mol. The highest BCUT2D eigenvalue weighted by molar-refractivity contribution is 5.84. The van der Waals surface area contributed by atoms with Gasteiger partial charge in [-0.05, 0) is 6.42 Å². The number of nitrogens with zero attached hydrogens (tertiary/aromatic N) is 1. The van der Waals surface area contributed by atoms with E-state index in [1.807, 2.05) is 0 Å². The molecule has 0 aromatic carbocycles. The Hall–Kier alpha value is -1.40. The molecule has 2 atom stereocenters. The van der Waals surface area contributed by atoms with Crippen LogP contribution < -0.4 is 0 Å². The van der Waals surface area contributed by atoms with Gasteiger partial charge in [-0.15, -0.1) is 6.58 Å². The lowest BCUT2D eigenvalue weighted by atomic mass is 10.2. The number of rotatable bonds is 8. The van der Waals surface area contributed by atoms with Crippen molar-refractivity contribution in [3.8, 4) is 0 Å². The third kappa shape index (κ3) is 4.65. The molecule has 1 N–H and O–H groups in total. The first-order valence-corrected chi connectivity index (χ1v) is 6.33. The number of aliphatic carboxylic acids is 1. The van der Waals surface area contributed by atoms with Crippen LogP contribution in [0.4, 0.5) is 0 Å². The zero-order chi connectivity index (χ0) is 14.3. The van der Waals surface area contributed by atoms with Gasteiger partial charge >= 0.3 is 5.97 Å². The Labute approximate surface area is 113 Å². The highest BCUT2D eigenvalue weighted by Crippen LogP contribution is 2.21. The van der Waals surface area contributed by atoms with Gasteiger partial charge in [-0.3, -0.25) is 4.79 Å². The Morgan fingerprint density at radius 1 is 1.53 bits per heavy atom. The number of ether oxygens (including phenoxy) is 2. The monoisotopic (exact) mass is 271 g/mol. The van der Waals surface area contributed by atoms with Gasteiger partial charge in [-0.2, -0.15) is 0 Å². The zero-order valence-corrected chi connectivity index (χ0v) is 11.2. The summed E-state index contributed by atoms with van der Waals surface area (Å²) in [6, 6.07) is -0.772. The van der Waals surface area contributed by atoms with Crippen LogP contribution in [-0.2, 0) is 19.1 Å². The third-order valence-corrected chi connectivity index (χ3v) is 3.12. The van der Waals surface area contributed by atoms with Crippen LogP contribution in [0.3, 0.4) is 0 Å². The maximum atomic E-state index is 12.0. The molecule has 1 heterocycles. The second kappa shape index (κ2) is 7.91. The molecule has 0 saturated carbocycles. The molecule has 2 unspecified atom stereocenters. The molecule has 0 aliphatic carbocycles. The number of likely N-dealkylation sites (tertiary alicyclic amines) is 1. The van der Waals surface area contributed by atoms with Crippen molar-refractivity contribution in [3.05, 3.63) is 12.7 Å². The SMILES string of the molecule is C=CCOCCCC(=O)N1CC(OC)CC1C(=O)O. The Kier molecular flexibility index (Phi) is 6.52. The fourth-order valence-electron chi connectivity index (χ4n) is 2.11. The minimum absolute atomic E-state index is 0.158. The summed E-state index contributed by atoms with van der Waals surface area (Å²) < 4.78 is 10.3. The smallest absolute Gasteiger partial charge is 0.326 e. The molecule has 1 saturated heterocycles. The molecule has 1 amide bonds. The van der Waals surface area contributed by atoms with E-state index >= 15 is 0 Å². The van der Waals surface area contributed by atoms with E-state index in [0.29, 0.717) is 32.6 Å². The first-order chi connectivity index (χ1) is 9.10. The summed E-state index contributed by atoms with van der Waals surface area (Å²) in [5, 5.41) is 9.10. The lowest BCUT2D eigenvalue weighted by molar-refractivity contribution is -0.148. The van der Waals surface area contributed by atoms with Gasteiger partial charge < -0.3 is 19.5 Å². The van der Waals surface area contributed by atoms with Crippen LogP contribution in [-0.4, -0.2) is 60.9 Å². The highest BCUT2D eigenvalue weighted by Gasteiger charge is 2.39. The molecule has 0 spiro atoms. The number of carbonyl (C=O) groups is 2. The Balaban J connectivity index is 2.40. The van der Waals surface area contributed by atoms with Crippen molar-refractivity contribution in [1.82, 2.24) is 4.90 Å². The molecule has 108 valence electrons. The Morgan fingerprint density at radius 2 is 2.26 bits per heavy atom. The zero-order valence-electron chi connectivity index (χ0n) is 11.2. The lowest BCUT2D eigenvalue weighted by Gasteiger charge is -2.21. The van der Waals surface area contributed by atoms with E-state index in [1.54, 1.807) is 6.08 Å². The second-order valence-corrected chi connectivity index (χ2v) is 4.46. The second-order valence-electron chi connectivity index (χ2n) is 4.46. The van der Waals surface area contributed by atoms with Crippen molar-refractivity contribution in [2.45, 2.75) is 31.4 Å². The van der Waals surface area contributed by atoms with Gasteiger partial charge in [0.2, 0.25) is 5.91 Å². The van der Waals surface area contributed by atoms with Gasteiger partial charge in [0.25, 0.3) is 0 Å². The molecule has 1 aliphatic heterocycles. The highest BCUT2D eigenvalue weighted by atomic mass is 16.5. The van der Waals surface area contributed by atoms with E-state index in [0.717, 1.165) is 0 Å².